The maximum absolute atomic E-state index is 11.9. The molecule has 4 rings (SSSR count). The van der Waals surface area contributed by atoms with Crippen LogP contribution in [0.1, 0.15) is 20.7 Å². The minimum Gasteiger partial charge on any atom is -0.298 e. The number of aldehydes is 2. The van der Waals surface area contributed by atoms with E-state index in [0.29, 0.717) is 11.1 Å². The summed E-state index contributed by atoms with van der Waals surface area (Å²) >= 11 is 7.11. The highest BCUT2D eigenvalue weighted by Gasteiger charge is 2.19. The van der Waals surface area contributed by atoms with E-state index < -0.39 is 0 Å². The quantitative estimate of drug-likeness (QED) is 0.310. The molecule has 126 valence electrons. The molecule has 0 aliphatic heterocycles. The van der Waals surface area contributed by atoms with Crippen molar-refractivity contribution in [1.29, 1.82) is 0 Å². The van der Waals surface area contributed by atoms with Gasteiger partial charge in [-0.15, -0.1) is 0 Å². The normalized spacial score (nSPS) is 11.0. The first-order valence-corrected chi connectivity index (χ1v) is 9.57. The molecule has 0 aliphatic carbocycles. The second-order valence-corrected chi connectivity index (χ2v) is 7.68. The summed E-state index contributed by atoms with van der Waals surface area (Å²) in [6, 6.07) is 19.4. The lowest BCUT2D eigenvalue weighted by Crippen LogP contribution is -1.97. The molecule has 0 spiro atoms. The highest BCUT2D eigenvalue weighted by Crippen LogP contribution is 2.42. The summed E-state index contributed by atoms with van der Waals surface area (Å²) < 4.78 is 1.71. The molecule has 0 saturated heterocycles. The molecule has 4 aromatic carbocycles. The van der Waals surface area contributed by atoms with E-state index in [2.05, 4.69) is 31.9 Å². The monoisotopic (exact) mass is 466 g/mol. The van der Waals surface area contributed by atoms with E-state index in [0.717, 1.165) is 54.2 Å². The highest BCUT2D eigenvalue weighted by atomic mass is 79.9. The maximum Gasteiger partial charge on any atom is 0.150 e. The van der Waals surface area contributed by atoms with Crippen LogP contribution in [0.2, 0.25) is 0 Å². The van der Waals surface area contributed by atoms with Crippen LogP contribution in [0.25, 0.3) is 32.7 Å². The van der Waals surface area contributed by atoms with Crippen LogP contribution >= 0.6 is 31.9 Å². The summed E-state index contributed by atoms with van der Waals surface area (Å²) in [4.78, 5) is 23.8. The van der Waals surface area contributed by atoms with Crippen molar-refractivity contribution in [3.63, 3.8) is 0 Å². The molecule has 0 saturated carbocycles. The summed E-state index contributed by atoms with van der Waals surface area (Å²) in [5, 5.41) is 3.85. The third-order valence-corrected chi connectivity index (χ3v) is 5.87. The molecule has 4 aromatic rings. The van der Waals surface area contributed by atoms with Gasteiger partial charge in [-0.2, -0.15) is 0 Å². The minimum absolute atomic E-state index is 0.547. The summed E-state index contributed by atoms with van der Waals surface area (Å²) in [7, 11) is 0. The predicted octanol–water partition coefficient (Wildman–Crippen LogP) is 6.81. The molecule has 4 heteroatoms. The van der Waals surface area contributed by atoms with Gasteiger partial charge >= 0.3 is 0 Å². The van der Waals surface area contributed by atoms with Gasteiger partial charge in [0.15, 0.2) is 12.6 Å². The van der Waals surface area contributed by atoms with Crippen molar-refractivity contribution in [3.05, 3.63) is 80.7 Å². The van der Waals surface area contributed by atoms with E-state index in [1.165, 1.54) is 0 Å². The average Bonchev–Trinajstić information content (AvgIpc) is 2.68. The van der Waals surface area contributed by atoms with Gasteiger partial charge in [-0.3, -0.25) is 9.59 Å². The van der Waals surface area contributed by atoms with Crippen LogP contribution in [0.5, 0.6) is 0 Å². The molecule has 2 nitrogen and oxygen atoms in total. The van der Waals surface area contributed by atoms with E-state index in [1.807, 2.05) is 60.7 Å². The number of carbonyl (C=O) groups excluding carboxylic acids is 2. The van der Waals surface area contributed by atoms with E-state index in [4.69, 9.17) is 0 Å². The third-order valence-electron chi connectivity index (χ3n) is 4.55. The number of hydrogen-bond acceptors (Lipinski definition) is 2. The highest BCUT2D eigenvalue weighted by molar-refractivity contribution is 9.11. The summed E-state index contributed by atoms with van der Waals surface area (Å²) in [5.41, 5.74) is 2.66. The minimum atomic E-state index is 0.547. The Labute approximate surface area is 167 Å². The molecule has 0 unspecified atom stereocenters. The van der Waals surface area contributed by atoms with Crippen LogP contribution in [-0.2, 0) is 0 Å². The zero-order chi connectivity index (χ0) is 18.3. The van der Waals surface area contributed by atoms with Crippen LogP contribution in [0.15, 0.2) is 69.6 Å². The van der Waals surface area contributed by atoms with Gasteiger partial charge in [0.2, 0.25) is 0 Å². The number of carbonyl (C=O) groups is 2. The number of fused-ring (bicyclic) bond motifs is 2. The number of halogens is 2. The molecule has 26 heavy (non-hydrogen) atoms. The van der Waals surface area contributed by atoms with Crippen molar-refractivity contribution in [2.75, 3.05) is 0 Å². The van der Waals surface area contributed by atoms with Crippen molar-refractivity contribution in [2.24, 2.45) is 0 Å². The molecular weight excluding hydrogens is 456 g/mol. The number of benzene rings is 4. The Morgan fingerprint density at radius 1 is 0.577 bits per heavy atom. The molecule has 0 bridgehead atoms. The van der Waals surface area contributed by atoms with Crippen LogP contribution in [-0.4, -0.2) is 12.6 Å². The SMILES string of the molecule is O=Cc1cc(Br)c2ccccc2c1-c1c(C=O)cc(Br)c2ccccc12. The van der Waals surface area contributed by atoms with Crippen molar-refractivity contribution < 1.29 is 9.59 Å². The summed E-state index contributed by atoms with van der Waals surface area (Å²) in [5.74, 6) is 0. The van der Waals surface area contributed by atoms with E-state index in [9.17, 15) is 9.59 Å². The predicted molar refractivity (Wildman–Crippen MR) is 113 cm³/mol. The van der Waals surface area contributed by atoms with E-state index >= 15 is 0 Å². The van der Waals surface area contributed by atoms with Gasteiger partial charge in [0, 0.05) is 31.2 Å². The van der Waals surface area contributed by atoms with Gasteiger partial charge in [-0.1, -0.05) is 80.4 Å². The first kappa shape index (κ1) is 17.1. The number of rotatable bonds is 3. The fourth-order valence-electron chi connectivity index (χ4n) is 3.45. The second kappa shape index (κ2) is 6.78. The largest absolute Gasteiger partial charge is 0.298 e. The van der Waals surface area contributed by atoms with Gasteiger partial charge in [-0.25, -0.2) is 0 Å². The molecule has 0 radical (unpaired) electrons. The van der Waals surface area contributed by atoms with Gasteiger partial charge in [0.25, 0.3) is 0 Å². The molecule has 0 N–H and O–H groups in total. The first-order chi connectivity index (χ1) is 12.7. The Morgan fingerprint density at radius 2 is 0.923 bits per heavy atom. The average molecular weight is 468 g/mol. The molecule has 0 amide bonds. The molecule has 0 heterocycles. The summed E-state index contributed by atoms with van der Waals surface area (Å²) in [6.45, 7) is 0. The number of hydrogen-bond donors (Lipinski definition) is 0. The third kappa shape index (κ3) is 2.61. The summed E-state index contributed by atoms with van der Waals surface area (Å²) in [6.07, 6.45) is 1.69. The van der Waals surface area contributed by atoms with Crippen molar-refractivity contribution in [3.8, 4) is 11.1 Å². The van der Waals surface area contributed by atoms with Crippen LogP contribution < -0.4 is 0 Å². The van der Waals surface area contributed by atoms with Crippen LogP contribution in [0.4, 0.5) is 0 Å². The Hall–Kier alpha value is -2.30. The van der Waals surface area contributed by atoms with Gasteiger partial charge < -0.3 is 0 Å². The standard InChI is InChI=1S/C22H12Br2O2/c23-19-9-13(11-25)21(17-7-3-1-5-15(17)19)22-14(12-26)10-20(24)16-6-2-4-8-18(16)22/h1-12H. The van der Waals surface area contributed by atoms with Crippen molar-refractivity contribution >= 4 is 66.0 Å². The second-order valence-electron chi connectivity index (χ2n) is 5.97. The van der Waals surface area contributed by atoms with Gasteiger partial charge in [0.05, 0.1) is 0 Å². The van der Waals surface area contributed by atoms with Crippen molar-refractivity contribution in [2.45, 2.75) is 0 Å². The fraction of sp³-hybridized carbons (Fsp3) is 0. The molecule has 0 aromatic heterocycles. The molecular formula is C22H12Br2O2. The maximum atomic E-state index is 11.9. The Kier molecular flexibility index (Phi) is 4.47. The van der Waals surface area contributed by atoms with Gasteiger partial charge in [0.1, 0.15) is 0 Å². The zero-order valence-corrected chi connectivity index (χ0v) is 16.7. The van der Waals surface area contributed by atoms with E-state index in [1.54, 1.807) is 0 Å². The Morgan fingerprint density at radius 3 is 1.27 bits per heavy atom. The lowest BCUT2D eigenvalue weighted by atomic mass is 9.87. The Balaban J connectivity index is 2.28. The van der Waals surface area contributed by atoms with Gasteiger partial charge in [-0.05, 0) is 33.7 Å². The van der Waals surface area contributed by atoms with Crippen LogP contribution in [0, 0.1) is 0 Å². The lowest BCUT2D eigenvalue weighted by molar-refractivity contribution is 0.111. The van der Waals surface area contributed by atoms with Crippen molar-refractivity contribution in [1.82, 2.24) is 0 Å². The first-order valence-electron chi connectivity index (χ1n) is 7.99. The topological polar surface area (TPSA) is 34.1 Å². The molecule has 0 aliphatic rings. The zero-order valence-electron chi connectivity index (χ0n) is 13.5. The van der Waals surface area contributed by atoms with Crippen LogP contribution in [0.3, 0.4) is 0 Å². The molecule has 0 fully saturated rings. The fourth-order valence-corrected chi connectivity index (χ4v) is 4.63. The lowest BCUT2D eigenvalue weighted by Gasteiger charge is -2.17. The molecule has 0 atom stereocenters. The van der Waals surface area contributed by atoms with E-state index in [-0.39, 0.29) is 0 Å². The smallest absolute Gasteiger partial charge is 0.150 e. The Bertz CT molecular complexity index is 1100.